The molecule has 9 heteroatoms. The second-order valence-corrected chi connectivity index (χ2v) is 9.51. The highest BCUT2D eigenvalue weighted by molar-refractivity contribution is 5.96. The summed E-state index contributed by atoms with van der Waals surface area (Å²) < 4.78 is 42.8. The molecule has 0 saturated heterocycles. The van der Waals surface area contributed by atoms with Gasteiger partial charge in [-0.15, -0.1) is 0 Å². The van der Waals surface area contributed by atoms with E-state index in [-0.39, 0.29) is 37.9 Å². The number of aromatic nitrogens is 1. The molecule has 2 bridgehead atoms. The molecule has 3 aromatic carbocycles. The van der Waals surface area contributed by atoms with Gasteiger partial charge in [-0.25, -0.2) is 8.78 Å². The highest BCUT2D eigenvalue weighted by Crippen LogP contribution is 2.37. The topological polar surface area (TPSA) is 64.0 Å². The Labute approximate surface area is 229 Å². The number of carbonyl (C=O) groups is 1. The first kappa shape index (κ1) is 25.4. The molecule has 4 aromatic rings. The molecule has 1 amide bonds. The van der Waals surface area contributed by atoms with Crippen molar-refractivity contribution in [2.45, 2.75) is 12.6 Å². The van der Waals surface area contributed by atoms with Gasteiger partial charge in [0.2, 0.25) is 5.43 Å². The van der Waals surface area contributed by atoms with Crippen molar-refractivity contribution in [3.8, 4) is 11.5 Å². The van der Waals surface area contributed by atoms with E-state index in [1.165, 1.54) is 42.6 Å². The van der Waals surface area contributed by atoms with Crippen LogP contribution < -0.4 is 19.9 Å². The first-order chi connectivity index (χ1) is 19.5. The van der Waals surface area contributed by atoms with Crippen LogP contribution >= 0.6 is 0 Å². The number of pyridine rings is 1. The lowest BCUT2D eigenvalue weighted by Gasteiger charge is -2.44. The quantitative estimate of drug-likeness (QED) is 0.348. The Morgan fingerprint density at radius 2 is 1.73 bits per heavy atom. The average molecular weight is 542 g/mol. The highest BCUT2D eigenvalue weighted by atomic mass is 19.1. The first-order valence-corrected chi connectivity index (χ1v) is 12.8. The molecule has 6 rings (SSSR count). The summed E-state index contributed by atoms with van der Waals surface area (Å²) in [7, 11) is 0. The molecule has 1 aromatic heterocycles. The van der Waals surface area contributed by atoms with Gasteiger partial charge in [0.05, 0.1) is 0 Å². The SMILES string of the molecule is O=C1c2c(OCc3ccccc3)c(=O)ccn2N2CN1C/C=C\COc1ccc(F)cc1C2c1cccc(F)c1. The fourth-order valence-corrected chi connectivity index (χ4v) is 5.05. The summed E-state index contributed by atoms with van der Waals surface area (Å²) >= 11 is 0. The summed E-state index contributed by atoms with van der Waals surface area (Å²) in [6.45, 7) is 0.553. The van der Waals surface area contributed by atoms with Crippen LogP contribution in [0.4, 0.5) is 8.78 Å². The minimum absolute atomic E-state index is 0.0302. The van der Waals surface area contributed by atoms with Crippen molar-refractivity contribution in [1.82, 2.24) is 9.58 Å². The van der Waals surface area contributed by atoms with Gasteiger partial charge in [-0.3, -0.25) is 19.3 Å². The molecular weight excluding hydrogens is 516 g/mol. The molecule has 7 nitrogen and oxygen atoms in total. The second kappa shape index (κ2) is 10.7. The molecule has 0 fully saturated rings. The molecule has 202 valence electrons. The Morgan fingerprint density at radius 3 is 2.55 bits per heavy atom. The molecule has 0 radical (unpaired) electrons. The fourth-order valence-electron chi connectivity index (χ4n) is 5.05. The molecule has 2 aliphatic heterocycles. The molecule has 0 saturated carbocycles. The maximum atomic E-state index is 14.7. The fraction of sp³-hybridized carbons (Fsp3) is 0.161. The normalized spacial score (nSPS) is 17.2. The number of rotatable bonds is 4. The zero-order chi connectivity index (χ0) is 27.6. The van der Waals surface area contributed by atoms with Crippen molar-refractivity contribution in [2.24, 2.45) is 0 Å². The van der Waals surface area contributed by atoms with Gasteiger partial charge in [0.15, 0.2) is 11.4 Å². The number of fused-ring (bicyclic) bond motifs is 5. The minimum Gasteiger partial charge on any atom is -0.489 e. The van der Waals surface area contributed by atoms with E-state index < -0.39 is 29.0 Å². The van der Waals surface area contributed by atoms with Gasteiger partial charge in [-0.1, -0.05) is 48.5 Å². The third-order valence-corrected chi connectivity index (χ3v) is 6.90. The van der Waals surface area contributed by atoms with Crippen LogP contribution in [-0.2, 0) is 6.61 Å². The Bertz CT molecular complexity index is 1650. The standard InChI is InChI=1S/C31H25F2N3O4/c32-23-10-6-9-22(17-23)28-25-18-24(33)11-12-27(25)39-16-5-4-14-34-20-36(28)35-15-13-26(37)30(29(35)31(34)38)40-19-21-7-2-1-3-8-21/h1-13,15,17-18,28H,14,16,19-20H2/b5-4-. The van der Waals surface area contributed by atoms with E-state index >= 15 is 0 Å². The van der Waals surface area contributed by atoms with Gasteiger partial charge in [-0.2, -0.15) is 0 Å². The van der Waals surface area contributed by atoms with Crippen LogP contribution in [0.3, 0.4) is 0 Å². The molecule has 3 heterocycles. The van der Waals surface area contributed by atoms with Crippen LogP contribution in [0, 0.1) is 11.6 Å². The molecule has 1 atom stereocenters. The van der Waals surface area contributed by atoms with E-state index in [0.29, 0.717) is 16.9 Å². The largest absolute Gasteiger partial charge is 0.489 e. The van der Waals surface area contributed by atoms with Gasteiger partial charge in [-0.05, 0) is 47.5 Å². The lowest BCUT2D eigenvalue weighted by atomic mass is 9.96. The molecule has 0 spiro atoms. The predicted octanol–water partition coefficient (Wildman–Crippen LogP) is 4.80. The number of carbonyl (C=O) groups excluding carboxylic acids is 1. The maximum absolute atomic E-state index is 14.7. The third-order valence-electron chi connectivity index (χ3n) is 6.90. The smallest absolute Gasteiger partial charge is 0.278 e. The van der Waals surface area contributed by atoms with Crippen LogP contribution in [0.5, 0.6) is 11.5 Å². The number of nitrogens with zero attached hydrogens (tertiary/aromatic N) is 3. The molecule has 1 unspecified atom stereocenters. The van der Waals surface area contributed by atoms with E-state index in [1.807, 2.05) is 30.3 Å². The number of hydrogen-bond donors (Lipinski definition) is 0. The lowest BCUT2D eigenvalue weighted by molar-refractivity contribution is 0.0698. The van der Waals surface area contributed by atoms with E-state index in [2.05, 4.69) is 0 Å². The molecular formula is C31H25F2N3O4. The van der Waals surface area contributed by atoms with Gasteiger partial charge in [0, 0.05) is 24.4 Å². The Balaban J connectivity index is 1.56. The minimum atomic E-state index is -0.793. The average Bonchev–Trinajstić information content (AvgIpc) is 2.98. The predicted molar refractivity (Wildman–Crippen MR) is 145 cm³/mol. The Morgan fingerprint density at radius 1 is 0.900 bits per heavy atom. The summed E-state index contributed by atoms with van der Waals surface area (Å²) in [5, 5.41) is 1.78. The lowest BCUT2D eigenvalue weighted by Crippen LogP contribution is -2.55. The van der Waals surface area contributed by atoms with Crippen molar-refractivity contribution in [1.29, 1.82) is 0 Å². The van der Waals surface area contributed by atoms with Crippen LogP contribution in [0.25, 0.3) is 0 Å². The van der Waals surface area contributed by atoms with Gasteiger partial charge in [0.1, 0.15) is 43.3 Å². The van der Waals surface area contributed by atoms with Crippen molar-refractivity contribution < 1.29 is 23.0 Å². The number of ether oxygens (including phenoxy) is 2. The summed E-state index contributed by atoms with van der Waals surface area (Å²) in [5.41, 5.74) is 1.35. The second-order valence-electron chi connectivity index (χ2n) is 9.51. The first-order valence-electron chi connectivity index (χ1n) is 12.8. The van der Waals surface area contributed by atoms with E-state index in [4.69, 9.17) is 9.47 Å². The number of halogens is 2. The molecule has 0 N–H and O–H groups in total. The maximum Gasteiger partial charge on any atom is 0.278 e. The summed E-state index contributed by atoms with van der Waals surface area (Å²) in [4.78, 5) is 28.5. The molecule has 2 aliphatic rings. The van der Waals surface area contributed by atoms with Crippen molar-refractivity contribution in [3.63, 3.8) is 0 Å². The van der Waals surface area contributed by atoms with Crippen molar-refractivity contribution in [2.75, 3.05) is 24.8 Å². The molecule has 40 heavy (non-hydrogen) atoms. The van der Waals surface area contributed by atoms with Crippen LogP contribution in [0.15, 0.2) is 102 Å². The number of hydrogen-bond acceptors (Lipinski definition) is 5. The van der Waals surface area contributed by atoms with Crippen molar-refractivity contribution >= 4 is 5.91 Å². The monoisotopic (exact) mass is 541 g/mol. The Kier molecular flexibility index (Phi) is 6.77. The third kappa shape index (κ3) is 4.82. The van der Waals surface area contributed by atoms with E-state index in [1.54, 1.807) is 38.9 Å². The summed E-state index contributed by atoms with van der Waals surface area (Å²) in [5.74, 6) is -1.05. The van der Waals surface area contributed by atoms with Crippen LogP contribution in [-0.4, -0.2) is 35.3 Å². The molecule has 0 aliphatic carbocycles. The summed E-state index contributed by atoms with van der Waals surface area (Å²) in [6, 6.07) is 20.0. The van der Waals surface area contributed by atoms with Gasteiger partial charge < -0.3 is 14.4 Å². The summed E-state index contributed by atoms with van der Waals surface area (Å²) in [6.07, 6.45) is 5.06. The van der Waals surface area contributed by atoms with Crippen molar-refractivity contribution in [3.05, 3.63) is 141 Å². The number of benzene rings is 3. The zero-order valence-corrected chi connectivity index (χ0v) is 21.4. The van der Waals surface area contributed by atoms with Gasteiger partial charge in [0.25, 0.3) is 5.91 Å². The Hall–Kier alpha value is -4.92. The highest BCUT2D eigenvalue weighted by Gasteiger charge is 2.38. The van der Waals surface area contributed by atoms with Gasteiger partial charge >= 0.3 is 0 Å². The van der Waals surface area contributed by atoms with Crippen LogP contribution in [0.1, 0.15) is 33.2 Å². The van der Waals surface area contributed by atoms with Crippen LogP contribution in [0.2, 0.25) is 0 Å². The van der Waals surface area contributed by atoms with E-state index in [0.717, 1.165) is 5.56 Å². The van der Waals surface area contributed by atoms with E-state index in [9.17, 15) is 18.4 Å². The number of amides is 1. The zero-order valence-electron chi connectivity index (χ0n) is 21.4.